The molecule has 2 aromatic carbocycles. The number of carbonyl (C=O) groups excluding carboxylic acids is 2. The normalized spacial score (nSPS) is 13.6. The SMILES string of the molecule is CCCCCCCCCOc1ccc(OC(=O)c2ccc(OC(=O)C(F)(F)C(F)(F)C(F)(F)C(F)(F)C(F)(F)C(F)(F)C(F)(F)F)cc2)cc1. The highest BCUT2D eigenvalue weighted by molar-refractivity contribution is 5.91. The Morgan fingerprint density at radius 2 is 0.900 bits per heavy atom. The van der Waals surface area contributed by atoms with E-state index in [1.165, 1.54) is 30.7 Å². The first-order chi connectivity index (χ1) is 22.8. The first-order valence-corrected chi connectivity index (χ1v) is 14.4. The molecule has 0 heterocycles. The van der Waals surface area contributed by atoms with E-state index in [1.807, 2.05) is 0 Å². The van der Waals surface area contributed by atoms with Crippen LogP contribution < -0.4 is 14.2 Å². The molecule has 0 unspecified atom stereocenters. The van der Waals surface area contributed by atoms with Crippen molar-refractivity contribution in [2.75, 3.05) is 6.61 Å². The smallest absolute Gasteiger partial charge is 0.460 e. The predicted molar refractivity (Wildman–Crippen MR) is 143 cm³/mol. The number of esters is 2. The molecule has 0 N–H and O–H groups in total. The minimum Gasteiger partial charge on any atom is -0.494 e. The molecule has 282 valence electrons. The maximum absolute atomic E-state index is 14.1. The Balaban J connectivity index is 2.07. The number of hydrogen-bond donors (Lipinski definition) is 0. The molecule has 2 rings (SSSR count). The number of rotatable bonds is 18. The first-order valence-electron chi connectivity index (χ1n) is 14.4. The fraction of sp³-hybridized carbons (Fsp3) is 0.533. The molecule has 0 atom stereocenters. The van der Waals surface area contributed by atoms with Crippen LogP contribution in [0.4, 0.5) is 65.9 Å². The van der Waals surface area contributed by atoms with Gasteiger partial charge in [0.2, 0.25) is 0 Å². The minimum absolute atomic E-state index is 0.0352. The summed E-state index contributed by atoms with van der Waals surface area (Å²) < 4.78 is 215. The Morgan fingerprint density at radius 1 is 0.500 bits per heavy atom. The van der Waals surface area contributed by atoms with Crippen LogP contribution in [0.25, 0.3) is 0 Å². The predicted octanol–water partition coefficient (Wildman–Crippen LogP) is 10.3. The minimum atomic E-state index is -8.55. The zero-order chi connectivity index (χ0) is 38.4. The lowest BCUT2D eigenvalue weighted by Crippen LogP contribution is -2.73. The second-order valence-electron chi connectivity index (χ2n) is 10.7. The molecule has 0 radical (unpaired) electrons. The zero-order valence-electron chi connectivity index (χ0n) is 25.5. The van der Waals surface area contributed by atoms with Crippen molar-refractivity contribution in [3.8, 4) is 17.2 Å². The van der Waals surface area contributed by atoms with E-state index < -0.39 is 65.0 Å². The summed E-state index contributed by atoms with van der Waals surface area (Å²) in [7, 11) is 0. The third-order valence-corrected chi connectivity index (χ3v) is 6.94. The summed E-state index contributed by atoms with van der Waals surface area (Å²) in [6, 6.07) is 7.66. The molecule has 0 saturated heterocycles. The van der Waals surface area contributed by atoms with Crippen LogP contribution in [0.2, 0.25) is 0 Å². The van der Waals surface area contributed by atoms with E-state index in [0.29, 0.717) is 36.6 Å². The fourth-order valence-electron chi connectivity index (χ4n) is 3.94. The topological polar surface area (TPSA) is 61.8 Å². The number of hydrogen-bond acceptors (Lipinski definition) is 5. The van der Waals surface area contributed by atoms with Gasteiger partial charge < -0.3 is 14.2 Å². The third-order valence-electron chi connectivity index (χ3n) is 6.94. The Bertz CT molecular complexity index is 1420. The van der Waals surface area contributed by atoms with Crippen molar-refractivity contribution in [3.05, 3.63) is 54.1 Å². The number of halogens is 15. The van der Waals surface area contributed by atoms with Crippen LogP contribution in [-0.2, 0) is 4.79 Å². The summed E-state index contributed by atoms with van der Waals surface area (Å²) in [6.07, 6.45) is -0.311. The van der Waals surface area contributed by atoms with Gasteiger partial charge in [-0.25, -0.2) is 9.59 Å². The van der Waals surface area contributed by atoms with Crippen LogP contribution in [0.3, 0.4) is 0 Å². The van der Waals surface area contributed by atoms with Crippen molar-refractivity contribution in [1.29, 1.82) is 0 Å². The van der Waals surface area contributed by atoms with Gasteiger partial charge in [0.25, 0.3) is 0 Å². The zero-order valence-corrected chi connectivity index (χ0v) is 25.5. The van der Waals surface area contributed by atoms with Crippen molar-refractivity contribution in [2.45, 2.75) is 93.6 Å². The summed E-state index contributed by atoms with van der Waals surface area (Å²) in [5.41, 5.74) is -0.430. The summed E-state index contributed by atoms with van der Waals surface area (Å²) >= 11 is 0. The lowest BCUT2D eigenvalue weighted by atomic mass is 9.91. The molecule has 0 saturated carbocycles. The van der Waals surface area contributed by atoms with Gasteiger partial charge in [0.15, 0.2) is 0 Å². The number of unbranched alkanes of at least 4 members (excludes halogenated alkanes) is 6. The highest BCUT2D eigenvalue weighted by Crippen LogP contribution is 2.62. The molecule has 0 amide bonds. The van der Waals surface area contributed by atoms with Crippen LogP contribution in [-0.4, -0.2) is 60.3 Å². The van der Waals surface area contributed by atoms with E-state index in [2.05, 4.69) is 11.7 Å². The quantitative estimate of drug-likeness (QED) is 0.0657. The molecular weight excluding hydrogens is 725 g/mol. The van der Waals surface area contributed by atoms with Gasteiger partial charge in [-0.2, -0.15) is 65.9 Å². The van der Waals surface area contributed by atoms with E-state index in [0.717, 1.165) is 38.5 Å². The average Bonchev–Trinajstić information content (AvgIpc) is 3.02. The molecule has 0 aliphatic heterocycles. The summed E-state index contributed by atoms with van der Waals surface area (Å²) in [5, 5.41) is 0. The van der Waals surface area contributed by atoms with Gasteiger partial charge >= 0.3 is 53.7 Å². The lowest BCUT2D eigenvalue weighted by Gasteiger charge is -2.40. The van der Waals surface area contributed by atoms with Gasteiger partial charge in [-0.05, 0) is 55.0 Å². The van der Waals surface area contributed by atoms with Crippen molar-refractivity contribution < 1.29 is 89.7 Å². The number of ether oxygens (including phenoxy) is 3. The number of carbonyl (C=O) groups is 2. The molecule has 2 aromatic rings. The molecule has 0 aliphatic rings. The molecule has 0 bridgehead atoms. The maximum Gasteiger partial charge on any atom is 0.460 e. The Kier molecular flexibility index (Phi) is 13.2. The molecule has 20 heteroatoms. The van der Waals surface area contributed by atoms with Crippen molar-refractivity contribution in [3.63, 3.8) is 0 Å². The summed E-state index contributed by atoms with van der Waals surface area (Å²) in [6.45, 7) is 2.54. The van der Waals surface area contributed by atoms with Crippen molar-refractivity contribution in [1.82, 2.24) is 0 Å². The standard InChI is InChI=1S/C30H27F15O5/c1-2-3-4-5-6-7-8-17-48-19-13-15-20(16-14-19)49-22(46)18-9-11-21(12-10-18)50-23(47)24(31,32)25(33,34)26(35,36)27(37,38)28(39,40)29(41,42)30(43,44)45/h9-16H,2-8,17H2,1H3. The number of benzene rings is 2. The highest BCUT2D eigenvalue weighted by atomic mass is 19.4. The molecule has 0 spiro atoms. The summed E-state index contributed by atoms with van der Waals surface area (Å²) in [4.78, 5) is 24.0. The highest BCUT2D eigenvalue weighted by Gasteiger charge is 2.94. The maximum atomic E-state index is 14.1. The molecule has 50 heavy (non-hydrogen) atoms. The van der Waals surface area contributed by atoms with Crippen LogP contribution in [0.5, 0.6) is 17.2 Å². The van der Waals surface area contributed by atoms with E-state index in [9.17, 15) is 75.4 Å². The molecular formula is C30H27F15O5. The van der Waals surface area contributed by atoms with Crippen molar-refractivity contribution >= 4 is 11.9 Å². The van der Waals surface area contributed by atoms with Crippen LogP contribution in [0, 0.1) is 0 Å². The second kappa shape index (κ2) is 15.6. The van der Waals surface area contributed by atoms with Crippen LogP contribution >= 0.6 is 0 Å². The average molecular weight is 753 g/mol. The number of alkyl halides is 15. The first kappa shape index (κ1) is 42.3. The van der Waals surface area contributed by atoms with Crippen molar-refractivity contribution in [2.24, 2.45) is 0 Å². The fourth-order valence-corrected chi connectivity index (χ4v) is 3.94. The molecule has 0 fully saturated rings. The van der Waals surface area contributed by atoms with Crippen LogP contribution in [0.15, 0.2) is 48.5 Å². The molecule has 0 aromatic heterocycles. The largest absolute Gasteiger partial charge is 0.494 e. The van der Waals surface area contributed by atoms with E-state index in [1.54, 1.807) is 0 Å². The van der Waals surface area contributed by atoms with Crippen LogP contribution in [0.1, 0.15) is 62.2 Å². The molecule has 5 nitrogen and oxygen atoms in total. The van der Waals surface area contributed by atoms with Gasteiger partial charge in [-0.15, -0.1) is 0 Å². The van der Waals surface area contributed by atoms with E-state index in [4.69, 9.17) is 9.47 Å². The Morgan fingerprint density at radius 3 is 1.40 bits per heavy atom. The van der Waals surface area contributed by atoms with E-state index in [-0.39, 0.29) is 5.75 Å². The van der Waals surface area contributed by atoms with Gasteiger partial charge in [0.05, 0.1) is 12.2 Å². The van der Waals surface area contributed by atoms with Gasteiger partial charge in [-0.1, -0.05) is 45.4 Å². The second-order valence-corrected chi connectivity index (χ2v) is 10.7. The monoisotopic (exact) mass is 752 g/mol. The molecule has 0 aliphatic carbocycles. The van der Waals surface area contributed by atoms with Gasteiger partial charge in [0.1, 0.15) is 17.2 Å². The van der Waals surface area contributed by atoms with Gasteiger partial charge in [0, 0.05) is 0 Å². The van der Waals surface area contributed by atoms with Gasteiger partial charge in [-0.3, -0.25) is 0 Å². The summed E-state index contributed by atoms with van der Waals surface area (Å²) in [5.74, 6) is -54.8. The van der Waals surface area contributed by atoms with E-state index >= 15 is 0 Å². The lowest BCUT2D eigenvalue weighted by molar-refractivity contribution is -0.450. The Labute approximate surface area is 273 Å². The Hall–Kier alpha value is -3.87. The third kappa shape index (κ3) is 8.52.